The van der Waals surface area contributed by atoms with Gasteiger partial charge in [0, 0.05) is 24.7 Å². The van der Waals surface area contributed by atoms with Crippen LogP contribution >= 0.6 is 0 Å². The van der Waals surface area contributed by atoms with Gasteiger partial charge in [-0.3, -0.25) is 8.99 Å². The first-order chi connectivity index (χ1) is 12.3. The number of likely N-dealkylation sites (tertiary alicyclic amines) is 1. The van der Waals surface area contributed by atoms with E-state index in [1.807, 2.05) is 26.0 Å². The number of likely N-dealkylation sites (N-methyl/N-ethyl adjacent to an activating group) is 1. The Labute approximate surface area is 155 Å². The van der Waals surface area contributed by atoms with E-state index in [4.69, 9.17) is 0 Å². The molecule has 6 nitrogen and oxygen atoms in total. The second kappa shape index (κ2) is 6.09. The molecule has 2 aliphatic rings. The zero-order chi connectivity index (χ0) is 18.6. The first-order valence-electron chi connectivity index (χ1n) is 9.16. The van der Waals surface area contributed by atoms with Crippen LogP contribution in [0.4, 0.5) is 5.69 Å². The molecule has 2 atom stereocenters. The van der Waals surface area contributed by atoms with Crippen molar-refractivity contribution >= 4 is 15.7 Å². The fourth-order valence-electron chi connectivity index (χ4n) is 4.20. The normalized spacial score (nSPS) is 23.3. The van der Waals surface area contributed by atoms with Gasteiger partial charge in [0.05, 0.1) is 17.9 Å². The predicted molar refractivity (Wildman–Crippen MR) is 102 cm³/mol. The van der Waals surface area contributed by atoms with Crippen LogP contribution in [0, 0.1) is 6.92 Å². The van der Waals surface area contributed by atoms with Crippen molar-refractivity contribution in [3.8, 4) is 0 Å². The highest BCUT2D eigenvalue weighted by molar-refractivity contribution is 7.92. The molecule has 140 valence electrons. The number of sulfonamides is 1. The van der Waals surface area contributed by atoms with E-state index in [9.17, 15) is 8.42 Å². The van der Waals surface area contributed by atoms with Crippen molar-refractivity contribution in [3.05, 3.63) is 41.7 Å². The van der Waals surface area contributed by atoms with Gasteiger partial charge in [0.1, 0.15) is 4.90 Å². The van der Waals surface area contributed by atoms with E-state index in [0.29, 0.717) is 0 Å². The fraction of sp³-hybridized carbons (Fsp3) is 0.526. The Morgan fingerprint density at radius 2 is 2.04 bits per heavy atom. The summed E-state index contributed by atoms with van der Waals surface area (Å²) in [5, 5.41) is 4.24. The van der Waals surface area contributed by atoms with Crippen LogP contribution < -0.4 is 4.31 Å². The molecule has 2 aliphatic heterocycles. The first-order valence-corrected chi connectivity index (χ1v) is 10.6. The fourth-order valence-corrected chi connectivity index (χ4v) is 5.88. The molecular formula is C19H26N4O2S. The quantitative estimate of drug-likeness (QED) is 0.829. The number of anilines is 1. The molecule has 1 aromatic carbocycles. The molecule has 26 heavy (non-hydrogen) atoms. The summed E-state index contributed by atoms with van der Waals surface area (Å²) in [6, 6.07) is 6.23. The van der Waals surface area contributed by atoms with Crippen LogP contribution in [0.5, 0.6) is 0 Å². The average Bonchev–Trinajstić information content (AvgIpc) is 3.18. The summed E-state index contributed by atoms with van der Waals surface area (Å²) in [6.07, 6.45) is 3.97. The summed E-state index contributed by atoms with van der Waals surface area (Å²) in [5.41, 5.74) is 3.15. The lowest BCUT2D eigenvalue weighted by Crippen LogP contribution is -2.47. The first kappa shape index (κ1) is 17.5. The Balaban J connectivity index is 1.82. The number of rotatable bonds is 3. The van der Waals surface area contributed by atoms with Crippen molar-refractivity contribution in [2.75, 3.05) is 24.4 Å². The average molecular weight is 375 g/mol. The minimum Gasteiger partial charge on any atom is -0.306 e. The van der Waals surface area contributed by atoms with Crippen molar-refractivity contribution in [1.82, 2.24) is 14.7 Å². The molecule has 0 spiro atoms. The maximum atomic E-state index is 13.5. The van der Waals surface area contributed by atoms with E-state index in [-0.39, 0.29) is 22.9 Å². The van der Waals surface area contributed by atoms with Gasteiger partial charge >= 0.3 is 0 Å². The number of piperidine rings is 1. The monoisotopic (exact) mass is 374 g/mol. The number of nitrogens with zero attached hydrogens (tertiary/aromatic N) is 4. The molecule has 2 aromatic rings. The van der Waals surface area contributed by atoms with Gasteiger partial charge in [-0.2, -0.15) is 5.10 Å². The standard InChI is InChI=1S/C19H26N4O2S/c1-13(2)22-11-15(10-20-22)26(24,25)23-18-6-5-14(3)9-16(18)17-12-21(4)8-7-19(17)23/h5-6,9-11,13,17,19H,7-8,12H2,1-4H3/t17-,19-/m1/s1. The molecule has 7 heteroatoms. The van der Waals surface area contributed by atoms with Crippen LogP contribution in [0.25, 0.3) is 0 Å². The van der Waals surface area contributed by atoms with Crippen molar-refractivity contribution in [2.45, 2.75) is 50.1 Å². The van der Waals surface area contributed by atoms with E-state index in [2.05, 4.69) is 30.0 Å². The maximum absolute atomic E-state index is 13.5. The molecule has 0 aliphatic carbocycles. The highest BCUT2D eigenvalue weighted by Crippen LogP contribution is 2.47. The smallest absolute Gasteiger partial charge is 0.267 e. The number of hydrogen-bond acceptors (Lipinski definition) is 4. The van der Waals surface area contributed by atoms with Crippen LogP contribution in [0.15, 0.2) is 35.5 Å². The SMILES string of the molecule is Cc1ccc2c(c1)[C@H]1CN(C)CC[C@H]1N2S(=O)(=O)c1cnn(C(C)C)c1. The molecule has 0 bridgehead atoms. The van der Waals surface area contributed by atoms with Crippen LogP contribution in [0.1, 0.15) is 43.4 Å². The van der Waals surface area contributed by atoms with E-state index in [0.717, 1.165) is 30.8 Å². The number of hydrogen-bond donors (Lipinski definition) is 0. The Bertz CT molecular complexity index is 935. The van der Waals surface area contributed by atoms with E-state index in [1.54, 1.807) is 15.2 Å². The van der Waals surface area contributed by atoms with Gasteiger partial charge in [-0.05, 0) is 52.4 Å². The van der Waals surface area contributed by atoms with Crippen molar-refractivity contribution in [3.63, 3.8) is 0 Å². The Morgan fingerprint density at radius 3 is 2.73 bits per heavy atom. The Kier molecular flexibility index (Phi) is 4.11. The highest BCUT2D eigenvalue weighted by atomic mass is 32.2. The Morgan fingerprint density at radius 1 is 1.27 bits per heavy atom. The second-order valence-electron chi connectivity index (χ2n) is 7.84. The van der Waals surface area contributed by atoms with Gasteiger partial charge < -0.3 is 4.90 Å². The molecule has 0 amide bonds. The van der Waals surface area contributed by atoms with Crippen molar-refractivity contribution in [2.24, 2.45) is 0 Å². The highest BCUT2D eigenvalue weighted by Gasteiger charge is 2.46. The molecule has 0 N–H and O–H groups in total. The second-order valence-corrected chi connectivity index (χ2v) is 9.65. The number of aromatic nitrogens is 2. The van der Waals surface area contributed by atoms with E-state index in [1.165, 1.54) is 11.8 Å². The Hall–Kier alpha value is -1.86. The third-order valence-corrected chi connectivity index (χ3v) is 7.36. The van der Waals surface area contributed by atoms with Gasteiger partial charge in [0.15, 0.2) is 0 Å². The molecular weight excluding hydrogens is 348 g/mol. The van der Waals surface area contributed by atoms with Crippen molar-refractivity contribution < 1.29 is 8.42 Å². The van der Waals surface area contributed by atoms with Crippen molar-refractivity contribution in [1.29, 1.82) is 0 Å². The van der Waals surface area contributed by atoms with Gasteiger partial charge in [-0.25, -0.2) is 8.42 Å². The molecule has 0 radical (unpaired) electrons. The minimum absolute atomic E-state index is 0.0181. The van der Waals surface area contributed by atoms with Gasteiger partial charge in [-0.1, -0.05) is 17.7 Å². The number of benzene rings is 1. The minimum atomic E-state index is -3.63. The lowest BCUT2D eigenvalue weighted by molar-refractivity contribution is 0.237. The lowest BCUT2D eigenvalue weighted by atomic mass is 9.89. The summed E-state index contributed by atoms with van der Waals surface area (Å²) in [7, 11) is -1.53. The molecule has 4 rings (SSSR count). The topological polar surface area (TPSA) is 58.4 Å². The molecule has 3 heterocycles. The molecule has 0 unspecified atom stereocenters. The summed E-state index contributed by atoms with van der Waals surface area (Å²) in [6.45, 7) is 7.84. The summed E-state index contributed by atoms with van der Waals surface area (Å²) < 4.78 is 30.4. The van der Waals surface area contributed by atoms with Crippen LogP contribution in [0.3, 0.4) is 0 Å². The largest absolute Gasteiger partial charge is 0.306 e. The lowest BCUT2D eigenvalue weighted by Gasteiger charge is -2.36. The zero-order valence-electron chi connectivity index (χ0n) is 15.8. The molecule has 1 fully saturated rings. The molecule has 1 saturated heterocycles. The molecule has 1 aromatic heterocycles. The van der Waals surface area contributed by atoms with Gasteiger partial charge in [-0.15, -0.1) is 0 Å². The van der Waals surface area contributed by atoms with Crippen LogP contribution in [-0.4, -0.2) is 49.3 Å². The van der Waals surface area contributed by atoms with Crippen LogP contribution in [-0.2, 0) is 10.0 Å². The zero-order valence-corrected chi connectivity index (χ0v) is 16.6. The third-order valence-electron chi connectivity index (χ3n) is 5.56. The van der Waals surface area contributed by atoms with E-state index >= 15 is 0 Å². The van der Waals surface area contributed by atoms with Gasteiger partial charge in [0.25, 0.3) is 10.0 Å². The maximum Gasteiger partial charge on any atom is 0.267 e. The summed E-state index contributed by atoms with van der Waals surface area (Å²) in [4.78, 5) is 2.57. The van der Waals surface area contributed by atoms with Crippen LogP contribution in [0.2, 0.25) is 0 Å². The summed E-state index contributed by atoms with van der Waals surface area (Å²) >= 11 is 0. The predicted octanol–water partition coefficient (Wildman–Crippen LogP) is 2.77. The third kappa shape index (κ3) is 2.65. The molecule has 0 saturated carbocycles. The van der Waals surface area contributed by atoms with E-state index < -0.39 is 10.0 Å². The number of aryl methyl sites for hydroxylation is 1. The summed E-state index contributed by atoms with van der Waals surface area (Å²) in [5.74, 6) is 0.221. The number of fused-ring (bicyclic) bond motifs is 3. The van der Waals surface area contributed by atoms with Gasteiger partial charge in [0.2, 0.25) is 0 Å².